The predicted octanol–water partition coefficient (Wildman–Crippen LogP) is 6.98. The number of benzene rings is 2. The van der Waals surface area contributed by atoms with Crippen LogP contribution in [-0.4, -0.2) is 63.2 Å². The summed E-state index contributed by atoms with van der Waals surface area (Å²) in [6.07, 6.45) is 3.47. The molecule has 0 unspecified atom stereocenters. The first kappa shape index (κ1) is 38.0. The number of rotatable bonds is 15. The fraction of sp³-hybridized carbons (Fsp3) is 0.594. The van der Waals surface area contributed by atoms with Gasteiger partial charge in [-0.1, -0.05) is 26.7 Å². The van der Waals surface area contributed by atoms with E-state index in [1.807, 2.05) is 6.92 Å². The van der Waals surface area contributed by atoms with E-state index in [0.29, 0.717) is 42.4 Å². The molecule has 0 aromatic heterocycles. The van der Waals surface area contributed by atoms with Gasteiger partial charge in [0, 0.05) is 42.5 Å². The lowest BCUT2D eigenvalue weighted by Gasteiger charge is -2.47. The van der Waals surface area contributed by atoms with Gasteiger partial charge < -0.3 is 21.1 Å². The minimum Gasteiger partial charge on any atom is -0.390 e. The van der Waals surface area contributed by atoms with Crippen molar-refractivity contribution in [3.8, 4) is 0 Å². The van der Waals surface area contributed by atoms with Crippen LogP contribution in [0, 0.1) is 17.6 Å². The van der Waals surface area contributed by atoms with E-state index in [1.54, 1.807) is 22.5 Å². The van der Waals surface area contributed by atoms with E-state index in [1.165, 1.54) is 12.1 Å². The summed E-state index contributed by atoms with van der Waals surface area (Å²) in [5, 5.41) is 20.8. The monoisotopic (exact) mass is 660 g/mol. The minimum absolute atomic E-state index is 0. The zero-order chi connectivity index (χ0) is 31.8. The largest absolute Gasteiger partial charge is 0.390 e. The molecule has 8 nitrogen and oxygen atoms in total. The van der Waals surface area contributed by atoms with Crippen molar-refractivity contribution < 1.29 is 27.8 Å². The topological polar surface area (TPSA) is 117 Å². The summed E-state index contributed by atoms with van der Waals surface area (Å²) in [6, 6.07) is 7.37. The van der Waals surface area contributed by atoms with Crippen molar-refractivity contribution in [3.05, 3.63) is 59.2 Å². The molecule has 0 radical (unpaired) electrons. The van der Waals surface area contributed by atoms with Crippen molar-refractivity contribution >= 4 is 40.5 Å². The molecule has 0 spiro atoms. The van der Waals surface area contributed by atoms with Gasteiger partial charge in [-0.25, -0.2) is 8.78 Å². The molecule has 0 saturated carbocycles. The Morgan fingerprint density at radius 3 is 2.36 bits per heavy atom. The molecule has 6 N–H and O–H groups in total. The van der Waals surface area contributed by atoms with Crippen molar-refractivity contribution in [1.82, 2.24) is 10.6 Å². The van der Waals surface area contributed by atoms with Gasteiger partial charge in [0.2, 0.25) is 0 Å². The van der Waals surface area contributed by atoms with Gasteiger partial charge in [0.1, 0.15) is 11.6 Å². The molecule has 250 valence electrons. The van der Waals surface area contributed by atoms with Crippen LogP contribution in [-0.2, 0) is 6.42 Å². The maximum Gasteiger partial charge on any atom is 0.251 e. The van der Waals surface area contributed by atoms with Crippen molar-refractivity contribution in [3.63, 3.8) is 0 Å². The van der Waals surface area contributed by atoms with E-state index in [4.69, 9.17) is 0 Å². The van der Waals surface area contributed by atoms with Gasteiger partial charge in [0.05, 0.1) is 23.6 Å². The molecule has 44 heavy (non-hydrogen) atoms. The van der Waals surface area contributed by atoms with E-state index < -0.39 is 40.5 Å². The lowest BCUT2D eigenvalue weighted by molar-refractivity contribution is 0.0811. The Kier molecular flexibility index (Phi) is 14.7. The Morgan fingerprint density at radius 1 is 1.07 bits per heavy atom. The van der Waals surface area contributed by atoms with Crippen molar-refractivity contribution in [2.45, 2.75) is 90.8 Å². The maximum atomic E-state index is 14.0. The predicted molar refractivity (Wildman–Crippen MR) is 180 cm³/mol. The van der Waals surface area contributed by atoms with E-state index in [2.05, 4.69) is 43.6 Å². The molecule has 12 heteroatoms. The third-order valence-electron chi connectivity index (χ3n) is 7.76. The smallest absolute Gasteiger partial charge is 0.251 e. The first-order valence-electron chi connectivity index (χ1n) is 15.3. The number of halogens is 3. The summed E-state index contributed by atoms with van der Waals surface area (Å²) >= 11 is 0. The second-order valence-electron chi connectivity index (χ2n) is 12.6. The number of amides is 1. The number of aliphatic hydroxyl groups is 1. The number of β-amino-alcohol motifs (C(OH)–C–C–N with tert-alkyl or cyclic N) is 1. The van der Waals surface area contributed by atoms with E-state index >= 15 is 0 Å². The summed E-state index contributed by atoms with van der Waals surface area (Å²) in [5.41, 5.74) is 1.46. The van der Waals surface area contributed by atoms with Crippen molar-refractivity contribution in [1.29, 1.82) is 0 Å². The van der Waals surface area contributed by atoms with Crippen LogP contribution in [0.15, 0.2) is 36.4 Å². The number of anilines is 2. The summed E-state index contributed by atoms with van der Waals surface area (Å²) < 4.78 is 51.1. The first-order chi connectivity index (χ1) is 20.2. The van der Waals surface area contributed by atoms with Gasteiger partial charge in [-0.15, -0.1) is 23.2 Å². The van der Waals surface area contributed by atoms with Crippen LogP contribution in [0.4, 0.5) is 20.2 Å². The zero-order valence-electron chi connectivity index (χ0n) is 26.5. The molecule has 1 fully saturated rings. The average Bonchev–Trinajstić information content (AvgIpc) is 2.90. The Bertz CT molecular complexity index is 1200. The highest BCUT2D eigenvalue weighted by atomic mass is 35.5. The SMILES string of the molecule is CCNc1cc(C(=O)N[C@@H](Cc2cc(F)cc(F)c2)[C@H](O)CNC(C)(C)CCCC(C)C)cc(N2CCCCS2(O)O)c1.Cl. The van der Waals surface area contributed by atoms with Gasteiger partial charge in [0.25, 0.3) is 5.91 Å². The Balaban J connectivity index is 0.00000675. The highest BCUT2D eigenvalue weighted by molar-refractivity contribution is 8.25. The lowest BCUT2D eigenvalue weighted by atomic mass is 9.93. The van der Waals surface area contributed by atoms with Crippen LogP contribution < -0.4 is 20.3 Å². The normalized spacial score (nSPS) is 17.0. The third-order valence-corrected chi connectivity index (χ3v) is 9.70. The maximum absolute atomic E-state index is 14.0. The molecule has 1 aliphatic rings. The number of carbonyl (C=O) groups is 1. The number of aliphatic hydroxyl groups excluding tert-OH is 1. The van der Waals surface area contributed by atoms with Crippen LogP contribution in [0.3, 0.4) is 0 Å². The fourth-order valence-corrected chi connectivity index (χ4v) is 7.06. The van der Waals surface area contributed by atoms with Gasteiger partial charge in [-0.3, -0.25) is 18.2 Å². The molecule has 2 atom stereocenters. The fourth-order valence-electron chi connectivity index (χ4n) is 5.38. The number of hydrogen-bond acceptors (Lipinski definition) is 7. The molecule has 3 rings (SSSR count). The number of nitrogens with zero attached hydrogens (tertiary/aromatic N) is 1. The molecular weight excluding hydrogens is 610 g/mol. The van der Waals surface area contributed by atoms with Crippen LogP contribution in [0.25, 0.3) is 0 Å². The number of hydrogen-bond donors (Lipinski definition) is 6. The van der Waals surface area contributed by atoms with Gasteiger partial charge in [-0.2, -0.15) is 0 Å². The molecule has 1 heterocycles. The molecule has 1 aliphatic heterocycles. The first-order valence-corrected chi connectivity index (χ1v) is 17.0. The molecule has 2 aromatic carbocycles. The Hall–Kier alpha value is -2.15. The summed E-state index contributed by atoms with van der Waals surface area (Å²) in [7, 11) is -3.01. The van der Waals surface area contributed by atoms with E-state index in [0.717, 1.165) is 31.7 Å². The highest BCUT2D eigenvalue weighted by Crippen LogP contribution is 2.50. The summed E-state index contributed by atoms with van der Waals surface area (Å²) in [5.74, 6) is -1.10. The van der Waals surface area contributed by atoms with Gasteiger partial charge >= 0.3 is 0 Å². The third kappa shape index (κ3) is 11.7. The lowest BCUT2D eigenvalue weighted by Crippen LogP contribution is -2.52. The second-order valence-corrected chi connectivity index (χ2v) is 14.7. The molecular formula is C32H51ClF2N4O4S. The molecule has 1 saturated heterocycles. The highest BCUT2D eigenvalue weighted by Gasteiger charge is 2.29. The summed E-state index contributed by atoms with van der Waals surface area (Å²) in [4.78, 5) is 13.7. The summed E-state index contributed by atoms with van der Waals surface area (Å²) in [6.45, 7) is 11.6. The van der Waals surface area contributed by atoms with E-state index in [-0.39, 0.29) is 42.2 Å². The van der Waals surface area contributed by atoms with Gasteiger partial charge in [0.15, 0.2) is 0 Å². The quantitative estimate of drug-likeness (QED) is 0.122. The van der Waals surface area contributed by atoms with Crippen molar-refractivity contribution in [2.24, 2.45) is 5.92 Å². The van der Waals surface area contributed by atoms with Crippen LogP contribution >= 0.6 is 23.2 Å². The van der Waals surface area contributed by atoms with E-state index in [9.17, 15) is 27.8 Å². The van der Waals surface area contributed by atoms with Crippen LogP contribution in [0.5, 0.6) is 0 Å². The molecule has 1 amide bonds. The molecule has 0 bridgehead atoms. The number of nitrogens with one attached hydrogen (secondary N) is 3. The Labute approximate surface area is 269 Å². The van der Waals surface area contributed by atoms with Crippen LogP contribution in [0.1, 0.15) is 82.6 Å². The minimum atomic E-state index is -3.01. The Morgan fingerprint density at radius 2 is 1.75 bits per heavy atom. The second kappa shape index (κ2) is 17.0. The van der Waals surface area contributed by atoms with Crippen LogP contribution in [0.2, 0.25) is 0 Å². The standard InChI is InChI=1S/C32H50F2N4O4S.ClH/c1-6-35-27-17-24(18-28(20-27)38-12-7-8-13-43(38,41)42)31(40)37-29(16-23-14-25(33)19-26(34)15-23)30(39)21-36-32(4,5)11-9-10-22(2)3;/h14-15,17-20,22,29-30,35-36,39,41-42H,6-13,16,21H2,1-5H3,(H,37,40);1H/t29-,30+;/m0./s1. The van der Waals surface area contributed by atoms with Crippen molar-refractivity contribution in [2.75, 3.05) is 35.0 Å². The molecule has 2 aromatic rings. The zero-order valence-corrected chi connectivity index (χ0v) is 28.2. The number of carbonyl (C=O) groups excluding carboxylic acids is 1. The van der Waals surface area contributed by atoms with Gasteiger partial charge in [-0.05, 0) is 88.3 Å². The molecule has 0 aliphatic carbocycles. The average molecular weight is 661 g/mol.